The van der Waals surface area contributed by atoms with Gasteiger partial charge in [-0.2, -0.15) is 0 Å². The highest BCUT2D eigenvalue weighted by Gasteiger charge is 2.26. The number of esters is 1. The number of aliphatic hydroxyl groups excluding tert-OH is 1. The van der Waals surface area contributed by atoms with E-state index in [0.717, 1.165) is 18.8 Å². The summed E-state index contributed by atoms with van der Waals surface area (Å²) in [5.41, 5.74) is 0. The average Bonchev–Trinajstić information content (AvgIpc) is 2.45. The van der Waals surface area contributed by atoms with Gasteiger partial charge >= 0.3 is 5.97 Å². The Labute approximate surface area is 117 Å². The highest BCUT2D eigenvalue weighted by Crippen LogP contribution is 2.34. The molecule has 112 valence electrons. The zero-order chi connectivity index (χ0) is 14.1. The van der Waals surface area contributed by atoms with Crippen LogP contribution in [0.2, 0.25) is 0 Å². The van der Waals surface area contributed by atoms with E-state index in [0.29, 0.717) is 18.8 Å². The van der Waals surface area contributed by atoms with Crippen LogP contribution in [0.4, 0.5) is 0 Å². The van der Waals surface area contributed by atoms with Gasteiger partial charge in [0.25, 0.3) is 0 Å². The maximum absolute atomic E-state index is 11.1. The maximum atomic E-state index is 11.1. The molecule has 1 saturated carbocycles. The van der Waals surface area contributed by atoms with Crippen LogP contribution in [-0.4, -0.2) is 24.3 Å². The van der Waals surface area contributed by atoms with E-state index in [1.54, 1.807) is 0 Å². The number of ether oxygens (including phenoxy) is 1. The predicted molar refractivity (Wildman–Crippen MR) is 76.8 cm³/mol. The zero-order valence-electron chi connectivity index (χ0n) is 12.6. The molecule has 0 aromatic carbocycles. The van der Waals surface area contributed by atoms with Gasteiger partial charge in [0.05, 0.1) is 13.2 Å². The predicted octanol–water partition coefficient (Wildman–Crippen LogP) is 3.69. The van der Waals surface area contributed by atoms with Gasteiger partial charge in [0, 0.05) is 6.42 Å². The van der Waals surface area contributed by atoms with Crippen molar-refractivity contribution in [3.63, 3.8) is 0 Å². The molecule has 0 saturated heterocycles. The summed E-state index contributed by atoms with van der Waals surface area (Å²) in [7, 11) is 1.40. The van der Waals surface area contributed by atoms with Crippen LogP contribution in [0.5, 0.6) is 0 Å². The molecule has 1 fully saturated rings. The van der Waals surface area contributed by atoms with E-state index in [4.69, 9.17) is 0 Å². The summed E-state index contributed by atoms with van der Waals surface area (Å²) in [6.07, 6.45) is 10.7. The minimum atomic E-state index is -0.323. The molecule has 1 aliphatic carbocycles. The first-order valence-electron chi connectivity index (χ1n) is 7.92. The van der Waals surface area contributed by atoms with E-state index < -0.39 is 0 Å². The van der Waals surface area contributed by atoms with Crippen molar-refractivity contribution in [3.8, 4) is 0 Å². The van der Waals surface area contributed by atoms with Crippen LogP contribution in [0.3, 0.4) is 0 Å². The second-order valence-corrected chi connectivity index (χ2v) is 5.96. The molecule has 0 amide bonds. The van der Waals surface area contributed by atoms with E-state index in [9.17, 15) is 9.90 Å². The van der Waals surface area contributed by atoms with Crippen LogP contribution in [0.25, 0.3) is 0 Å². The van der Waals surface area contributed by atoms with Crippen molar-refractivity contribution < 1.29 is 14.6 Å². The highest BCUT2D eigenvalue weighted by molar-refractivity contribution is 5.69. The maximum Gasteiger partial charge on any atom is 0.305 e. The summed E-state index contributed by atoms with van der Waals surface area (Å²) in [5, 5.41) is 10.1. The van der Waals surface area contributed by atoms with E-state index in [-0.39, 0.29) is 12.1 Å². The van der Waals surface area contributed by atoms with Crippen LogP contribution in [-0.2, 0) is 9.53 Å². The van der Waals surface area contributed by atoms with E-state index in [1.165, 1.54) is 45.6 Å². The molecule has 0 aromatic heterocycles. The van der Waals surface area contributed by atoms with Gasteiger partial charge in [0.2, 0.25) is 0 Å². The molecule has 1 rings (SSSR count). The number of carbonyl (C=O) groups excluding carboxylic acids is 1. The Hall–Kier alpha value is -0.570. The van der Waals surface area contributed by atoms with Crippen LogP contribution < -0.4 is 0 Å². The van der Waals surface area contributed by atoms with Gasteiger partial charge in [-0.1, -0.05) is 45.4 Å². The second-order valence-electron chi connectivity index (χ2n) is 5.96. The first-order valence-corrected chi connectivity index (χ1v) is 7.92. The van der Waals surface area contributed by atoms with Gasteiger partial charge < -0.3 is 9.84 Å². The number of unbranched alkanes of at least 4 members (excludes halogenated alkanes) is 2. The Kier molecular flexibility index (Phi) is 8.11. The number of hydrogen-bond donors (Lipinski definition) is 1. The molecule has 0 aromatic rings. The Bertz CT molecular complexity index is 244. The van der Waals surface area contributed by atoms with Crippen molar-refractivity contribution in [1.29, 1.82) is 0 Å². The molecule has 0 bridgehead atoms. The lowest BCUT2D eigenvalue weighted by atomic mass is 9.77. The molecule has 0 radical (unpaired) electrons. The average molecular weight is 270 g/mol. The summed E-state index contributed by atoms with van der Waals surface area (Å²) in [4.78, 5) is 11.1. The molecule has 1 atom stereocenters. The second kappa shape index (κ2) is 9.35. The minimum Gasteiger partial charge on any atom is -0.469 e. The van der Waals surface area contributed by atoms with Gasteiger partial charge in [0.15, 0.2) is 0 Å². The fraction of sp³-hybridized carbons (Fsp3) is 0.938. The molecule has 3 heteroatoms. The molecule has 3 nitrogen and oxygen atoms in total. The fourth-order valence-corrected chi connectivity index (χ4v) is 3.15. The van der Waals surface area contributed by atoms with Crippen molar-refractivity contribution >= 4 is 5.97 Å². The summed E-state index contributed by atoms with van der Waals surface area (Å²) < 4.78 is 4.61. The minimum absolute atomic E-state index is 0.215. The normalized spacial score (nSPS) is 25.0. The number of carbonyl (C=O) groups is 1. The topological polar surface area (TPSA) is 46.5 Å². The molecule has 0 spiro atoms. The summed E-state index contributed by atoms with van der Waals surface area (Å²) in [6.45, 7) is 2.24. The summed E-state index contributed by atoms with van der Waals surface area (Å²) >= 11 is 0. The van der Waals surface area contributed by atoms with Gasteiger partial charge in [0.1, 0.15) is 0 Å². The first-order chi connectivity index (χ1) is 9.17. The third-order valence-corrected chi connectivity index (χ3v) is 4.52. The van der Waals surface area contributed by atoms with E-state index in [1.807, 2.05) is 0 Å². The molecule has 0 heterocycles. The number of methoxy groups -OCH3 is 1. The van der Waals surface area contributed by atoms with Gasteiger partial charge in [-0.15, -0.1) is 0 Å². The Morgan fingerprint density at radius 2 is 1.95 bits per heavy atom. The van der Waals surface area contributed by atoms with Crippen LogP contribution in [0, 0.1) is 11.8 Å². The molecule has 1 unspecified atom stereocenters. The van der Waals surface area contributed by atoms with Crippen LogP contribution in [0.15, 0.2) is 0 Å². The van der Waals surface area contributed by atoms with Crippen LogP contribution >= 0.6 is 0 Å². The monoisotopic (exact) mass is 270 g/mol. The molecule has 0 aliphatic heterocycles. The van der Waals surface area contributed by atoms with E-state index >= 15 is 0 Å². The highest BCUT2D eigenvalue weighted by atomic mass is 16.5. The van der Waals surface area contributed by atoms with E-state index in [2.05, 4.69) is 11.7 Å². The fourth-order valence-electron chi connectivity index (χ4n) is 3.15. The van der Waals surface area contributed by atoms with Gasteiger partial charge in [-0.25, -0.2) is 0 Å². The Morgan fingerprint density at radius 1 is 1.26 bits per heavy atom. The van der Waals surface area contributed by atoms with Crippen molar-refractivity contribution in [2.24, 2.45) is 11.8 Å². The van der Waals surface area contributed by atoms with Crippen molar-refractivity contribution in [1.82, 2.24) is 0 Å². The van der Waals surface area contributed by atoms with Gasteiger partial charge in [-0.3, -0.25) is 4.79 Å². The molecule has 1 aliphatic rings. The molecular weight excluding hydrogens is 240 g/mol. The number of aliphatic hydroxyl groups is 1. The number of rotatable bonds is 8. The first kappa shape index (κ1) is 16.5. The lowest BCUT2D eigenvalue weighted by Gasteiger charge is -2.31. The lowest BCUT2D eigenvalue weighted by molar-refractivity contribution is -0.141. The largest absolute Gasteiger partial charge is 0.469 e. The standard InChI is InChI=1S/C16H30O3/c1-3-4-5-6-13-7-9-14(10-8-13)15(17)11-12-16(18)19-2/h13-15,17H,3-12H2,1-2H3. The Balaban J connectivity index is 2.16. The SMILES string of the molecule is CCCCCC1CCC(C(O)CCC(=O)OC)CC1. The van der Waals surface area contributed by atoms with Crippen molar-refractivity contribution in [2.45, 2.75) is 77.2 Å². The molecular formula is C16H30O3. The molecule has 19 heavy (non-hydrogen) atoms. The van der Waals surface area contributed by atoms with Crippen molar-refractivity contribution in [3.05, 3.63) is 0 Å². The summed E-state index contributed by atoms with van der Waals surface area (Å²) in [5.74, 6) is 1.05. The summed E-state index contributed by atoms with van der Waals surface area (Å²) in [6, 6.07) is 0. The zero-order valence-corrected chi connectivity index (χ0v) is 12.6. The van der Waals surface area contributed by atoms with Gasteiger partial charge in [-0.05, 0) is 31.1 Å². The smallest absolute Gasteiger partial charge is 0.305 e. The lowest BCUT2D eigenvalue weighted by Crippen LogP contribution is -2.26. The quantitative estimate of drug-likeness (QED) is 0.540. The third kappa shape index (κ3) is 6.42. The van der Waals surface area contributed by atoms with Crippen molar-refractivity contribution in [2.75, 3.05) is 7.11 Å². The van der Waals surface area contributed by atoms with Crippen LogP contribution in [0.1, 0.15) is 71.1 Å². The Morgan fingerprint density at radius 3 is 2.53 bits per heavy atom. The number of hydrogen-bond acceptors (Lipinski definition) is 3. The third-order valence-electron chi connectivity index (χ3n) is 4.52. The molecule has 1 N–H and O–H groups in total.